The number of aromatic nitrogens is 4. The molecule has 0 saturated carbocycles. The van der Waals surface area contributed by atoms with Crippen LogP contribution in [0.5, 0.6) is 0 Å². The number of nitrogens with two attached hydrogens (primary N) is 1. The van der Waals surface area contributed by atoms with Gasteiger partial charge in [-0.25, -0.2) is 15.0 Å². The van der Waals surface area contributed by atoms with E-state index >= 15 is 0 Å². The molecule has 2 aromatic heterocycles. The third-order valence-corrected chi connectivity index (χ3v) is 6.38. The monoisotopic (exact) mass is 491 g/mol. The van der Waals surface area contributed by atoms with Gasteiger partial charge in [-0.3, -0.25) is 9.36 Å². The van der Waals surface area contributed by atoms with Gasteiger partial charge < -0.3 is 10.6 Å². The Morgan fingerprint density at radius 2 is 1.92 bits per heavy atom. The Hall–Kier alpha value is -4.46. The molecule has 182 valence electrons. The zero-order valence-corrected chi connectivity index (χ0v) is 19.1. The minimum absolute atomic E-state index is 0.0192. The Kier molecular flexibility index (Phi) is 5.59. The minimum Gasteiger partial charge on any atom is -0.382 e. The van der Waals surface area contributed by atoms with E-state index in [4.69, 9.17) is 5.73 Å². The maximum absolute atomic E-state index is 13.9. The molecule has 2 N–H and O–H groups in total. The van der Waals surface area contributed by atoms with E-state index in [0.29, 0.717) is 36.5 Å². The largest absolute Gasteiger partial charge is 0.417 e. The van der Waals surface area contributed by atoms with Crippen LogP contribution in [0.2, 0.25) is 0 Å². The number of anilines is 2. The SMILES string of the molecule is Cc1ccccc1-n1c(C2CCCN2c2ncnc(N)c2C#N)nc2cccc(C(F)(F)F)c2c1=O. The van der Waals surface area contributed by atoms with Gasteiger partial charge in [0.25, 0.3) is 5.56 Å². The summed E-state index contributed by atoms with van der Waals surface area (Å²) in [6, 6.07) is 12.0. The van der Waals surface area contributed by atoms with Crippen molar-refractivity contribution in [1.29, 1.82) is 5.26 Å². The second-order valence-corrected chi connectivity index (χ2v) is 8.52. The highest BCUT2D eigenvalue weighted by molar-refractivity contribution is 5.82. The van der Waals surface area contributed by atoms with Crippen molar-refractivity contribution in [3.63, 3.8) is 0 Å². The molecule has 2 aromatic carbocycles. The van der Waals surface area contributed by atoms with E-state index in [1.165, 1.54) is 23.0 Å². The molecule has 0 bridgehead atoms. The summed E-state index contributed by atoms with van der Waals surface area (Å²) >= 11 is 0. The van der Waals surface area contributed by atoms with E-state index in [9.17, 15) is 23.2 Å². The van der Waals surface area contributed by atoms with Crippen molar-refractivity contribution in [2.45, 2.75) is 32.0 Å². The van der Waals surface area contributed by atoms with E-state index in [0.717, 1.165) is 6.07 Å². The molecule has 1 saturated heterocycles. The second-order valence-electron chi connectivity index (χ2n) is 8.52. The molecule has 1 atom stereocenters. The van der Waals surface area contributed by atoms with Crippen molar-refractivity contribution < 1.29 is 13.2 Å². The summed E-state index contributed by atoms with van der Waals surface area (Å²) < 4.78 is 42.9. The van der Waals surface area contributed by atoms with Crippen LogP contribution in [-0.2, 0) is 6.18 Å². The number of nitrogen functional groups attached to an aromatic ring is 1. The molecule has 36 heavy (non-hydrogen) atoms. The lowest BCUT2D eigenvalue weighted by molar-refractivity contribution is -0.136. The molecule has 1 aliphatic heterocycles. The van der Waals surface area contributed by atoms with Gasteiger partial charge in [0.15, 0.2) is 5.82 Å². The number of nitriles is 1. The Bertz CT molecular complexity index is 1590. The van der Waals surface area contributed by atoms with Gasteiger partial charge in [-0.15, -0.1) is 0 Å². The van der Waals surface area contributed by atoms with Crippen LogP contribution in [-0.4, -0.2) is 26.1 Å². The van der Waals surface area contributed by atoms with Gasteiger partial charge in [-0.05, 0) is 43.5 Å². The molecule has 3 heterocycles. The summed E-state index contributed by atoms with van der Waals surface area (Å²) in [6.45, 7) is 2.26. The second kappa shape index (κ2) is 8.64. The number of alkyl halides is 3. The van der Waals surface area contributed by atoms with Gasteiger partial charge in [0.2, 0.25) is 0 Å². The van der Waals surface area contributed by atoms with Crippen LogP contribution in [0.25, 0.3) is 16.6 Å². The maximum atomic E-state index is 13.9. The molecule has 0 radical (unpaired) electrons. The number of hydrogen-bond donors (Lipinski definition) is 1. The van der Waals surface area contributed by atoms with Crippen LogP contribution in [0.1, 0.15) is 41.4 Å². The Morgan fingerprint density at radius 3 is 2.64 bits per heavy atom. The molecule has 5 rings (SSSR count). The van der Waals surface area contributed by atoms with Gasteiger partial charge in [-0.1, -0.05) is 24.3 Å². The first kappa shape index (κ1) is 23.3. The van der Waals surface area contributed by atoms with Crippen molar-refractivity contribution >= 4 is 22.5 Å². The summed E-state index contributed by atoms with van der Waals surface area (Å²) in [5, 5.41) is 9.17. The zero-order valence-electron chi connectivity index (χ0n) is 19.1. The Balaban J connectivity index is 1.83. The van der Waals surface area contributed by atoms with Crippen LogP contribution in [0.15, 0.2) is 53.6 Å². The highest BCUT2D eigenvalue weighted by Gasteiger charge is 2.37. The van der Waals surface area contributed by atoms with E-state index in [2.05, 4.69) is 15.0 Å². The van der Waals surface area contributed by atoms with E-state index in [1.807, 2.05) is 11.0 Å². The highest BCUT2D eigenvalue weighted by Crippen LogP contribution is 2.39. The van der Waals surface area contributed by atoms with Crippen molar-refractivity contribution in [3.05, 3.63) is 81.7 Å². The van der Waals surface area contributed by atoms with E-state index in [1.54, 1.807) is 31.2 Å². The lowest BCUT2D eigenvalue weighted by atomic mass is 10.1. The van der Waals surface area contributed by atoms with Gasteiger partial charge in [0, 0.05) is 6.54 Å². The number of para-hydroxylation sites is 1. The van der Waals surface area contributed by atoms with Crippen LogP contribution in [0, 0.1) is 18.3 Å². The van der Waals surface area contributed by atoms with Crippen molar-refractivity contribution in [2.75, 3.05) is 17.2 Å². The topological polar surface area (TPSA) is 114 Å². The molecule has 8 nitrogen and oxygen atoms in total. The molecule has 4 aromatic rings. The summed E-state index contributed by atoms with van der Waals surface area (Å²) in [7, 11) is 0. The number of halogens is 3. The van der Waals surface area contributed by atoms with Crippen LogP contribution < -0.4 is 16.2 Å². The fourth-order valence-corrected chi connectivity index (χ4v) is 4.76. The quantitative estimate of drug-likeness (QED) is 0.455. The van der Waals surface area contributed by atoms with Gasteiger partial charge in [-0.2, -0.15) is 18.4 Å². The summed E-state index contributed by atoms with van der Waals surface area (Å²) in [5.41, 5.74) is 5.22. The molecule has 1 fully saturated rings. The molecule has 1 unspecified atom stereocenters. The first-order valence-corrected chi connectivity index (χ1v) is 11.2. The van der Waals surface area contributed by atoms with Crippen molar-refractivity contribution in [2.24, 2.45) is 0 Å². The van der Waals surface area contributed by atoms with Crippen LogP contribution in [0.4, 0.5) is 24.8 Å². The minimum atomic E-state index is -4.73. The van der Waals surface area contributed by atoms with Crippen molar-refractivity contribution in [3.8, 4) is 11.8 Å². The number of hydrogen-bond acceptors (Lipinski definition) is 7. The normalized spacial score (nSPS) is 15.9. The Morgan fingerprint density at radius 1 is 1.14 bits per heavy atom. The predicted octanol–water partition coefficient (Wildman–Crippen LogP) is 4.30. The first-order chi connectivity index (χ1) is 17.2. The number of rotatable bonds is 3. The number of aryl methyl sites for hydroxylation is 1. The third kappa shape index (κ3) is 3.71. The lowest BCUT2D eigenvalue weighted by Gasteiger charge is -2.28. The third-order valence-electron chi connectivity index (χ3n) is 6.38. The average Bonchev–Trinajstić information content (AvgIpc) is 3.33. The highest BCUT2D eigenvalue weighted by atomic mass is 19.4. The first-order valence-electron chi connectivity index (χ1n) is 11.2. The number of fused-ring (bicyclic) bond motifs is 1. The maximum Gasteiger partial charge on any atom is 0.417 e. The fraction of sp³-hybridized carbons (Fsp3) is 0.240. The van der Waals surface area contributed by atoms with Gasteiger partial charge in [0.1, 0.15) is 29.6 Å². The lowest BCUT2D eigenvalue weighted by Crippen LogP contribution is -2.33. The summed E-state index contributed by atoms with van der Waals surface area (Å²) in [5.74, 6) is 0.577. The predicted molar refractivity (Wildman–Crippen MR) is 128 cm³/mol. The van der Waals surface area contributed by atoms with E-state index < -0.39 is 28.7 Å². The van der Waals surface area contributed by atoms with Crippen molar-refractivity contribution in [1.82, 2.24) is 19.5 Å². The molecule has 1 aliphatic rings. The van der Waals surface area contributed by atoms with Crippen LogP contribution in [0.3, 0.4) is 0 Å². The van der Waals surface area contributed by atoms with Crippen LogP contribution >= 0.6 is 0 Å². The molecular formula is C25H20F3N7O. The van der Waals surface area contributed by atoms with E-state index in [-0.39, 0.29) is 22.7 Å². The molecule has 0 spiro atoms. The van der Waals surface area contributed by atoms with Gasteiger partial charge >= 0.3 is 6.18 Å². The zero-order chi connectivity index (χ0) is 25.6. The van der Waals surface area contributed by atoms with Gasteiger partial charge in [0.05, 0.1) is 28.2 Å². The summed E-state index contributed by atoms with van der Waals surface area (Å²) in [6.07, 6.45) is -2.26. The summed E-state index contributed by atoms with van der Waals surface area (Å²) in [4.78, 5) is 28.4. The molecule has 0 aliphatic carbocycles. The number of nitrogens with zero attached hydrogens (tertiary/aromatic N) is 6. The standard InChI is InChI=1S/C25H20F3N7O/c1-14-6-2-3-9-18(14)35-23(33-17-8-4-7-16(25(26,27)28)20(17)24(35)36)19-10-5-11-34(19)22-15(12-29)21(30)31-13-32-22/h2-4,6-9,13,19H,5,10-11H2,1H3,(H2,30,31,32). The fourth-order valence-electron chi connectivity index (χ4n) is 4.76. The molecule has 0 amide bonds. The molecular weight excluding hydrogens is 471 g/mol. The number of benzene rings is 2. The molecule has 11 heteroatoms. The average molecular weight is 491 g/mol. The Labute approximate surface area is 203 Å². The smallest absolute Gasteiger partial charge is 0.382 e.